The van der Waals surface area contributed by atoms with Crippen LogP contribution in [-0.4, -0.2) is 47.2 Å². The monoisotopic (exact) mass is 482 g/mol. The summed E-state index contributed by atoms with van der Waals surface area (Å²) in [7, 11) is 0. The van der Waals surface area contributed by atoms with E-state index >= 15 is 0 Å². The quantitative estimate of drug-likeness (QED) is 0.299. The van der Waals surface area contributed by atoms with Crippen molar-refractivity contribution in [2.45, 2.75) is 77.2 Å². The summed E-state index contributed by atoms with van der Waals surface area (Å²) in [4.78, 5) is 25.5. The van der Waals surface area contributed by atoms with E-state index in [9.17, 15) is 14.7 Å². The molecule has 0 aromatic heterocycles. The molecule has 0 spiro atoms. The van der Waals surface area contributed by atoms with Crippen molar-refractivity contribution >= 4 is 11.8 Å². The molecule has 7 N–H and O–H groups in total. The van der Waals surface area contributed by atoms with Gasteiger partial charge in [-0.25, -0.2) is 0 Å². The third-order valence-electron chi connectivity index (χ3n) is 6.33. The molecule has 0 aliphatic heterocycles. The van der Waals surface area contributed by atoms with Crippen LogP contribution in [0.3, 0.4) is 0 Å². The molecular formula is C28H42N4O3. The van der Waals surface area contributed by atoms with Crippen molar-refractivity contribution in [3.8, 4) is 0 Å². The Balaban J connectivity index is 2.23. The van der Waals surface area contributed by atoms with Crippen LogP contribution in [-0.2, 0) is 22.4 Å². The lowest BCUT2D eigenvalue weighted by Crippen LogP contribution is -2.54. The number of rotatable bonds is 13. The summed E-state index contributed by atoms with van der Waals surface area (Å²) in [5, 5.41) is 17.3. The normalized spacial score (nSPS) is 15.8. The number of nitrogens with two attached hydrogens (primary N) is 2. The number of hydrogen-bond donors (Lipinski definition) is 5. The first-order valence-electron chi connectivity index (χ1n) is 12.5. The maximum atomic E-state index is 12.8. The van der Waals surface area contributed by atoms with Gasteiger partial charge in [-0.1, -0.05) is 88.4 Å². The minimum Gasteiger partial charge on any atom is -0.391 e. The predicted octanol–water partition coefficient (Wildman–Crippen LogP) is 2.16. The molecule has 0 unspecified atom stereocenters. The van der Waals surface area contributed by atoms with Gasteiger partial charge in [0, 0.05) is 6.04 Å². The molecule has 7 heteroatoms. The van der Waals surface area contributed by atoms with Crippen LogP contribution in [0.1, 0.15) is 45.2 Å². The standard InChI is InChI=1S/C28H42N4O3/c1-18(2)25(29)27(34)31-22(15-20-11-7-5-8-12-20)17-24(33)23(16-21-13-9-6-10-14-21)32-28(35)26(30)19(3)4/h5-14,18-19,22-26,33H,15-17,29-30H2,1-4H3,(H,31,34)(H,32,35)/t22-,23-,24-,25-,26-/m0/s1. The van der Waals surface area contributed by atoms with Crippen molar-refractivity contribution in [2.24, 2.45) is 23.3 Å². The molecule has 0 saturated carbocycles. The van der Waals surface area contributed by atoms with Crippen molar-refractivity contribution in [1.29, 1.82) is 0 Å². The van der Waals surface area contributed by atoms with E-state index < -0.39 is 24.2 Å². The molecule has 0 aliphatic rings. The molecule has 2 amide bonds. The SMILES string of the molecule is CC(C)[C@H](N)C(=O)N[C@@H](Cc1ccccc1)C[C@H](O)[C@H](Cc1ccccc1)NC(=O)[C@@H](N)C(C)C. The zero-order valence-corrected chi connectivity index (χ0v) is 21.4. The van der Waals surface area contributed by atoms with Gasteiger partial charge in [0.25, 0.3) is 0 Å². The molecule has 0 heterocycles. The molecule has 7 nitrogen and oxygen atoms in total. The lowest BCUT2D eigenvalue weighted by atomic mass is 9.92. The molecule has 2 rings (SSSR count). The summed E-state index contributed by atoms with van der Waals surface area (Å²) in [6.07, 6.45) is 0.310. The summed E-state index contributed by atoms with van der Waals surface area (Å²) in [6, 6.07) is 17.2. The largest absolute Gasteiger partial charge is 0.391 e. The Kier molecular flexibility index (Phi) is 11.4. The van der Waals surface area contributed by atoms with Gasteiger partial charge in [-0.05, 0) is 42.2 Å². The molecule has 0 saturated heterocycles. The van der Waals surface area contributed by atoms with Gasteiger partial charge in [0.05, 0.1) is 24.2 Å². The molecule has 0 fully saturated rings. The second-order valence-corrected chi connectivity index (χ2v) is 10.0. The Labute approximate surface area is 209 Å². The Morgan fingerprint density at radius 3 is 1.63 bits per heavy atom. The highest BCUT2D eigenvalue weighted by Gasteiger charge is 2.29. The van der Waals surface area contributed by atoms with Gasteiger partial charge in [0.2, 0.25) is 11.8 Å². The number of aliphatic hydroxyl groups is 1. The van der Waals surface area contributed by atoms with Crippen molar-refractivity contribution in [2.75, 3.05) is 0 Å². The Hall–Kier alpha value is -2.74. The second kappa shape index (κ2) is 14.0. The number of amides is 2. The first kappa shape index (κ1) is 28.5. The fourth-order valence-electron chi connectivity index (χ4n) is 3.88. The van der Waals surface area contributed by atoms with E-state index in [1.165, 1.54) is 0 Å². The third kappa shape index (κ3) is 9.43. The summed E-state index contributed by atoms with van der Waals surface area (Å²) < 4.78 is 0. The van der Waals surface area contributed by atoms with Crippen molar-refractivity contribution < 1.29 is 14.7 Å². The van der Waals surface area contributed by atoms with E-state index in [0.29, 0.717) is 12.8 Å². The maximum Gasteiger partial charge on any atom is 0.237 e. The van der Waals surface area contributed by atoms with Gasteiger partial charge in [-0.15, -0.1) is 0 Å². The minimum absolute atomic E-state index is 0.0139. The van der Waals surface area contributed by atoms with Crippen LogP contribution in [0.25, 0.3) is 0 Å². The van der Waals surface area contributed by atoms with Gasteiger partial charge < -0.3 is 27.2 Å². The van der Waals surface area contributed by atoms with E-state index in [2.05, 4.69) is 10.6 Å². The fraction of sp³-hybridized carbons (Fsp3) is 0.500. The highest BCUT2D eigenvalue weighted by molar-refractivity contribution is 5.82. The lowest BCUT2D eigenvalue weighted by Gasteiger charge is -2.30. The molecular weight excluding hydrogens is 440 g/mol. The van der Waals surface area contributed by atoms with E-state index in [1.54, 1.807) is 0 Å². The molecule has 192 valence electrons. The number of carbonyl (C=O) groups is 2. The smallest absolute Gasteiger partial charge is 0.237 e. The Morgan fingerprint density at radius 2 is 1.17 bits per heavy atom. The summed E-state index contributed by atoms with van der Waals surface area (Å²) in [6.45, 7) is 7.57. The first-order chi connectivity index (χ1) is 16.6. The molecule has 2 aromatic rings. The number of nitrogens with one attached hydrogen (secondary N) is 2. The molecule has 5 atom stereocenters. The zero-order valence-electron chi connectivity index (χ0n) is 21.4. The van der Waals surface area contributed by atoms with Crippen molar-refractivity contribution in [1.82, 2.24) is 10.6 Å². The highest BCUT2D eigenvalue weighted by Crippen LogP contribution is 2.15. The maximum absolute atomic E-state index is 12.8. The van der Waals surface area contributed by atoms with Gasteiger partial charge >= 0.3 is 0 Å². The average molecular weight is 483 g/mol. The van der Waals surface area contributed by atoms with E-state index in [1.807, 2.05) is 88.4 Å². The van der Waals surface area contributed by atoms with E-state index in [-0.39, 0.29) is 36.1 Å². The third-order valence-corrected chi connectivity index (χ3v) is 6.33. The molecule has 35 heavy (non-hydrogen) atoms. The van der Waals surface area contributed by atoms with Crippen LogP contribution < -0.4 is 22.1 Å². The Morgan fingerprint density at radius 1 is 0.743 bits per heavy atom. The predicted molar refractivity (Wildman–Crippen MR) is 140 cm³/mol. The minimum atomic E-state index is -0.914. The molecule has 0 aliphatic carbocycles. The number of carbonyl (C=O) groups excluding carboxylic acids is 2. The van der Waals surface area contributed by atoms with Gasteiger partial charge in [-0.2, -0.15) is 0 Å². The summed E-state index contributed by atoms with van der Waals surface area (Å²) >= 11 is 0. The Bertz CT molecular complexity index is 905. The van der Waals surface area contributed by atoms with Crippen molar-refractivity contribution in [3.63, 3.8) is 0 Å². The second-order valence-electron chi connectivity index (χ2n) is 10.0. The van der Waals surface area contributed by atoms with Crippen molar-refractivity contribution in [3.05, 3.63) is 71.8 Å². The highest BCUT2D eigenvalue weighted by atomic mass is 16.3. The van der Waals surface area contributed by atoms with E-state index in [4.69, 9.17) is 11.5 Å². The van der Waals surface area contributed by atoms with Gasteiger partial charge in [-0.3, -0.25) is 9.59 Å². The molecule has 0 bridgehead atoms. The van der Waals surface area contributed by atoms with Crippen LogP contribution in [0.15, 0.2) is 60.7 Å². The van der Waals surface area contributed by atoms with Gasteiger partial charge in [0.15, 0.2) is 0 Å². The molecule has 0 radical (unpaired) electrons. The topological polar surface area (TPSA) is 130 Å². The summed E-state index contributed by atoms with van der Waals surface area (Å²) in [5.74, 6) is -0.601. The van der Waals surface area contributed by atoms with Crippen LogP contribution in [0, 0.1) is 11.8 Å². The number of aliphatic hydroxyl groups excluding tert-OH is 1. The first-order valence-corrected chi connectivity index (χ1v) is 12.5. The van der Waals surface area contributed by atoms with Crippen LogP contribution in [0.2, 0.25) is 0 Å². The van der Waals surface area contributed by atoms with Gasteiger partial charge in [0.1, 0.15) is 0 Å². The van der Waals surface area contributed by atoms with Crippen LogP contribution >= 0.6 is 0 Å². The summed E-state index contributed by atoms with van der Waals surface area (Å²) in [5.41, 5.74) is 14.2. The van der Waals surface area contributed by atoms with E-state index in [0.717, 1.165) is 11.1 Å². The van der Waals surface area contributed by atoms with Crippen LogP contribution in [0.5, 0.6) is 0 Å². The number of benzene rings is 2. The lowest BCUT2D eigenvalue weighted by molar-refractivity contribution is -0.126. The average Bonchev–Trinajstić information content (AvgIpc) is 2.83. The zero-order chi connectivity index (χ0) is 26.0. The fourth-order valence-corrected chi connectivity index (χ4v) is 3.88. The molecule has 2 aromatic carbocycles. The van der Waals surface area contributed by atoms with Crippen LogP contribution in [0.4, 0.5) is 0 Å². The number of hydrogen-bond acceptors (Lipinski definition) is 5.